The molecule has 1 heterocycles. The van der Waals surface area contributed by atoms with Gasteiger partial charge in [-0.15, -0.1) is 11.8 Å². The molecule has 1 atom stereocenters. The van der Waals surface area contributed by atoms with Crippen molar-refractivity contribution in [2.45, 2.75) is 17.7 Å². The molecule has 4 heteroatoms. The van der Waals surface area contributed by atoms with E-state index in [1.54, 1.807) is 17.8 Å². The molecule has 5 rings (SSSR count). The molecule has 0 saturated carbocycles. The molecular formula is C28H23NO2S. The van der Waals surface area contributed by atoms with Gasteiger partial charge in [-0.2, -0.15) is 0 Å². The average molecular weight is 438 g/mol. The molecule has 1 unspecified atom stereocenters. The number of Topliss-reactive ketones (excluding diaryl/α,β-unsaturated/α-hetero) is 1. The van der Waals surface area contributed by atoms with Crippen LogP contribution in [0, 0.1) is 5.92 Å². The summed E-state index contributed by atoms with van der Waals surface area (Å²) in [5.74, 6) is -0.502. The quantitative estimate of drug-likeness (QED) is 0.380. The van der Waals surface area contributed by atoms with Crippen molar-refractivity contribution in [3.05, 3.63) is 108 Å². The first-order valence-corrected chi connectivity index (χ1v) is 11.8. The molecule has 0 aliphatic carbocycles. The van der Waals surface area contributed by atoms with Gasteiger partial charge >= 0.3 is 0 Å². The Morgan fingerprint density at radius 1 is 0.812 bits per heavy atom. The lowest BCUT2D eigenvalue weighted by atomic mass is 9.97. The van der Waals surface area contributed by atoms with Gasteiger partial charge < -0.3 is 5.32 Å². The Labute approximate surface area is 191 Å². The van der Waals surface area contributed by atoms with E-state index in [-0.39, 0.29) is 11.7 Å². The van der Waals surface area contributed by atoms with E-state index >= 15 is 0 Å². The third-order valence-electron chi connectivity index (χ3n) is 5.93. The van der Waals surface area contributed by atoms with Crippen LogP contribution in [-0.4, -0.2) is 17.4 Å². The minimum absolute atomic E-state index is 0.0937. The first-order chi connectivity index (χ1) is 15.7. The van der Waals surface area contributed by atoms with Crippen LogP contribution in [0.25, 0.3) is 10.8 Å². The van der Waals surface area contributed by atoms with Gasteiger partial charge in [-0.1, -0.05) is 72.8 Å². The Morgan fingerprint density at radius 2 is 1.50 bits per heavy atom. The molecular weight excluding hydrogens is 414 g/mol. The van der Waals surface area contributed by atoms with Gasteiger partial charge in [-0.05, 0) is 52.9 Å². The number of hydrogen-bond acceptors (Lipinski definition) is 3. The summed E-state index contributed by atoms with van der Waals surface area (Å²) in [7, 11) is 0. The highest BCUT2D eigenvalue weighted by molar-refractivity contribution is 7.99. The van der Waals surface area contributed by atoms with Crippen LogP contribution in [0.2, 0.25) is 0 Å². The zero-order valence-corrected chi connectivity index (χ0v) is 18.4. The third kappa shape index (κ3) is 4.32. The molecule has 158 valence electrons. The average Bonchev–Trinajstić information content (AvgIpc) is 2.84. The molecule has 4 aromatic carbocycles. The molecule has 0 fully saturated rings. The smallest absolute Gasteiger partial charge is 0.236 e. The molecule has 32 heavy (non-hydrogen) atoms. The van der Waals surface area contributed by atoms with E-state index < -0.39 is 5.92 Å². The van der Waals surface area contributed by atoms with E-state index in [2.05, 4.69) is 47.8 Å². The fourth-order valence-corrected chi connectivity index (χ4v) is 5.24. The summed E-state index contributed by atoms with van der Waals surface area (Å²) in [6.45, 7) is 0. The van der Waals surface area contributed by atoms with Crippen LogP contribution in [0.5, 0.6) is 0 Å². The van der Waals surface area contributed by atoms with Gasteiger partial charge in [-0.3, -0.25) is 9.59 Å². The summed E-state index contributed by atoms with van der Waals surface area (Å²) in [4.78, 5) is 26.4. The van der Waals surface area contributed by atoms with Crippen molar-refractivity contribution in [1.82, 2.24) is 0 Å². The largest absolute Gasteiger partial charge is 0.325 e. The third-order valence-corrected chi connectivity index (χ3v) is 7.10. The minimum Gasteiger partial charge on any atom is -0.325 e. The molecule has 0 saturated heterocycles. The number of carbonyl (C=O) groups excluding carboxylic acids is 2. The van der Waals surface area contributed by atoms with Crippen molar-refractivity contribution in [2.24, 2.45) is 5.92 Å². The Morgan fingerprint density at radius 3 is 2.34 bits per heavy atom. The molecule has 1 aliphatic rings. The summed E-state index contributed by atoms with van der Waals surface area (Å²) in [5, 5.41) is 5.44. The number of fused-ring (bicyclic) bond motifs is 2. The second kappa shape index (κ2) is 9.01. The summed E-state index contributed by atoms with van der Waals surface area (Å²) in [5.41, 5.74) is 3.90. The van der Waals surface area contributed by atoms with Crippen LogP contribution in [0.3, 0.4) is 0 Å². The topological polar surface area (TPSA) is 46.2 Å². The second-order valence-electron chi connectivity index (χ2n) is 8.09. The Hall–Kier alpha value is -3.37. The van der Waals surface area contributed by atoms with Crippen LogP contribution >= 0.6 is 11.8 Å². The lowest BCUT2D eigenvalue weighted by Gasteiger charge is -2.22. The van der Waals surface area contributed by atoms with Gasteiger partial charge in [0.15, 0.2) is 5.78 Å². The molecule has 1 amide bonds. The number of rotatable bonds is 5. The normalized spacial score (nSPS) is 15.4. The lowest BCUT2D eigenvalue weighted by Crippen LogP contribution is -2.34. The summed E-state index contributed by atoms with van der Waals surface area (Å²) >= 11 is 1.57. The number of carbonyl (C=O) groups is 2. The van der Waals surface area contributed by atoms with Crippen molar-refractivity contribution in [2.75, 3.05) is 11.1 Å². The van der Waals surface area contributed by atoms with Crippen molar-refractivity contribution >= 4 is 39.9 Å². The maximum Gasteiger partial charge on any atom is 0.236 e. The van der Waals surface area contributed by atoms with Gasteiger partial charge in [0, 0.05) is 21.9 Å². The second-order valence-corrected chi connectivity index (χ2v) is 9.15. The molecule has 1 aliphatic heterocycles. The Bertz CT molecular complexity index is 1300. The minimum atomic E-state index is -0.650. The van der Waals surface area contributed by atoms with Gasteiger partial charge in [0.1, 0.15) is 5.92 Å². The number of benzene rings is 4. The molecule has 0 spiro atoms. The zero-order valence-electron chi connectivity index (χ0n) is 17.6. The fourth-order valence-electron chi connectivity index (χ4n) is 4.09. The summed E-state index contributed by atoms with van der Waals surface area (Å²) in [6, 6.07) is 30.4. The fraction of sp³-hybridized carbons (Fsp3) is 0.143. The Balaban J connectivity index is 1.20. The van der Waals surface area contributed by atoms with E-state index in [1.807, 2.05) is 42.5 Å². The van der Waals surface area contributed by atoms with Crippen LogP contribution in [0.15, 0.2) is 95.9 Å². The molecule has 3 nitrogen and oxygen atoms in total. The van der Waals surface area contributed by atoms with Gasteiger partial charge in [-0.25, -0.2) is 0 Å². The number of ketones is 1. The number of thioether (sulfide) groups is 1. The standard InChI is InChI=1S/C28H23NO2S/c30-27-24-7-3-4-8-26(24)32-18-25(27)28(31)29-23-15-12-19(13-16-23)9-10-20-11-14-21-5-1-2-6-22(21)17-20/h1-8,11-17,25H,9-10,18H2,(H,29,31). The highest BCUT2D eigenvalue weighted by Crippen LogP contribution is 2.33. The number of aryl methyl sites for hydroxylation is 2. The highest BCUT2D eigenvalue weighted by atomic mass is 32.2. The Kier molecular flexibility index (Phi) is 5.78. The molecule has 1 N–H and O–H groups in total. The molecule has 0 radical (unpaired) electrons. The van der Waals surface area contributed by atoms with E-state index in [4.69, 9.17) is 0 Å². The SMILES string of the molecule is O=C(Nc1ccc(CCc2ccc3ccccc3c2)cc1)C1CSc2ccccc2C1=O. The molecule has 0 aromatic heterocycles. The molecule has 4 aromatic rings. The van der Waals surface area contributed by atoms with E-state index in [0.29, 0.717) is 11.3 Å². The number of amides is 1. The number of anilines is 1. The maximum absolute atomic E-state index is 12.7. The van der Waals surface area contributed by atoms with Crippen molar-refractivity contribution in [1.29, 1.82) is 0 Å². The number of hydrogen-bond donors (Lipinski definition) is 1. The van der Waals surface area contributed by atoms with Crippen LogP contribution in [-0.2, 0) is 17.6 Å². The van der Waals surface area contributed by atoms with Crippen molar-refractivity contribution in [3.63, 3.8) is 0 Å². The van der Waals surface area contributed by atoms with Crippen molar-refractivity contribution < 1.29 is 9.59 Å². The zero-order chi connectivity index (χ0) is 21.9. The predicted octanol–water partition coefficient (Wildman–Crippen LogP) is 6.17. The van der Waals surface area contributed by atoms with Crippen LogP contribution < -0.4 is 5.32 Å². The van der Waals surface area contributed by atoms with Gasteiger partial charge in [0.25, 0.3) is 0 Å². The van der Waals surface area contributed by atoms with E-state index in [1.165, 1.54) is 21.9 Å². The first-order valence-electron chi connectivity index (χ1n) is 10.8. The van der Waals surface area contributed by atoms with E-state index in [0.717, 1.165) is 23.4 Å². The van der Waals surface area contributed by atoms with E-state index in [9.17, 15) is 9.59 Å². The monoisotopic (exact) mass is 437 g/mol. The lowest BCUT2D eigenvalue weighted by molar-refractivity contribution is -0.118. The van der Waals surface area contributed by atoms with Gasteiger partial charge in [0.2, 0.25) is 5.91 Å². The number of nitrogens with one attached hydrogen (secondary N) is 1. The molecule has 0 bridgehead atoms. The van der Waals surface area contributed by atoms with Crippen LogP contribution in [0.4, 0.5) is 5.69 Å². The van der Waals surface area contributed by atoms with Crippen LogP contribution in [0.1, 0.15) is 21.5 Å². The van der Waals surface area contributed by atoms with Crippen molar-refractivity contribution in [3.8, 4) is 0 Å². The highest BCUT2D eigenvalue weighted by Gasteiger charge is 2.33. The summed E-state index contributed by atoms with van der Waals surface area (Å²) in [6.07, 6.45) is 1.89. The predicted molar refractivity (Wildman–Crippen MR) is 131 cm³/mol. The summed E-state index contributed by atoms with van der Waals surface area (Å²) < 4.78 is 0. The first kappa shape index (κ1) is 20.5. The maximum atomic E-state index is 12.7. The van der Waals surface area contributed by atoms with Gasteiger partial charge in [0.05, 0.1) is 0 Å².